The number of ether oxygens (including phenoxy) is 1. The van der Waals surface area contributed by atoms with Crippen molar-refractivity contribution < 1.29 is 14.1 Å². The molecule has 3 rings (SSSR count). The molecule has 8 heteroatoms. The van der Waals surface area contributed by atoms with Crippen molar-refractivity contribution >= 4 is 24.0 Å². The van der Waals surface area contributed by atoms with Gasteiger partial charge in [-0.2, -0.15) is 4.98 Å². The van der Waals surface area contributed by atoms with Gasteiger partial charge in [0.2, 0.25) is 0 Å². The number of para-hydroxylation sites is 1. The number of carbonyl (C=O) groups is 1. The van der Waals surface area contributed by atoms with Gasteiger partial charge in [0.1, 0.15) is 0 Å². The molecule has 2 heterocycles. The summed E-state index contributed by atoms with van der Waals surface area (Å²) in [4.78, 5) is 16.1. The summed E-state index contributed by atoms with van der Waals surface area (Å²) in [7, 11) is 1.89. The smallest absolute Gasteiger partial charge is 0.265 e. The lowest BCUT2D eigenvalue weighted by atomic mass is 10.1. The predicted molar refractivity (Wildman–Crippen MR) is 87.9 cm³/mol. The van der Waals surface area contributed by atoms with Gasteiger partial charge in [0.15, 0.2) is 17.7 Å². The van der Waals surface area contributed by atoms with Gasteiger partial charge in [-0.25, -0.2) is 0 Å². The molecule has 23 heavy (non-hydrogen) atoms. The molecule has 0 saturated heterocycles. The van der Waals surface area contributed by atoms with Gasteiger partial charge in [-0.15, -0.1) is 12.4 Å². The third-order valence-electron chi connectivity index (χ3n) is 3.62. The van der Waals surface area contributed by atoms with Crippen molar-refractivity contribution in [3.05, 3.63) is 24.0 Å². The molecule has 2 aromatic rings. The normalized spacial score (nSPS) is 17.5. The lowest BCUT2D eigenvalue weighted by Crippen LogP contribution is -2.34. The van der Waals surface area contributed by atoms with E-state index in [1.54, 1.807) is 13.0 Å². The fourth-order valence-electron chi connectivity index (χ4n) is 2.22. The zero-order valence-corrected chi connectivity index (χ0v) is 13.9. The maximum absolute atomic E-state index is 11.7. The van der Waals surface area contributed by atoms with Crippen LogP contribution in [0.15, 0.2) is 22.7 Å². The second kappa shape index (κ2) is 6.97. The first-order chi connectivity index (χ1) is 10.6. The molecule has 124 valence electrons. The summed E-state index contributed by atoms with van der Waals surface area (Å²) in [6.07, 6.45) is 0.114. The number of carbonyl (C=O) groups excluding carboxylic acids is 1. The van der Waals surface area contributed by atoms with Crippen molar-refractivity contribution in [1.29, 1.82) is 0 Å². The Bertz CT molecular complexity index is 704. The highest BCUT2D eigenvalue weighted by Gasteiger charge is 2.27. The third-order valence-corrected chi connectivity index (χ3v) is 3.62. The first-order valence-corrected chi connectivity index (χ1v) is 7.19. The molecule has 1 aliphatic rings. The number of halogens is 1. The number of likely N-dealkylation sites (N-methyl/N-ethyl adjacent to an activating group) is 1. The minimum Gasteiger partial charge on any atom is -0.478 e. The Morgan fingerprint density at radius 2 is 2.22 bits per heavy atom. The number of aromatic nitrogens is 2. The zero-order valence-electron chi connectivity index (χ0n) is 13.1. The molecular formula is C15H19ClN4O3. The van der Waals surface area contributed by atoms with Gasteiger partial charge < -0.3 is 19.9 Å². The summed E-state index contributed by atoms with van der Waals surface area (Å²) < 4.78 is 11.0. The topological polar surface area (TPSA) is 89.3 Å². The second-order valence-corrected chi connectivity index (χ2v) is 5.34. The first-order valence-electron chi connectivity index (χ1n) is 7.19. The maximum Gasteiger partial charge on any atom is 0.265 e. The van der Waals surface area contributed by atoms with Crippen LogP contribution in [0.3, 0.4) is 0 Å². The number of benzene rings is 1. The number of fused-ring (bicyclic) bond motifs is 1. The number of amides is 1. The Labute approximate surface area is 140 Å². The molecule has 0 bridgehead atoms. The highest BCUT2D eigenvalue weighted by Crippen LogP contribution is 2.38. The molecule has 7 nitrogen and oxygen atoms in total. The van der Waals surface area contributed by atoms with Gasteiger partial charge in [0, 0.05) is 12.5 Å². The van der Waals surface area contributed by atoms with E-state index >= 15 is 0 Å². The van der Waals surface area contributed by atoms with E-state index in [2.05, 4.69) is 20.8 Å². The average Bonchev–Trinajstić information content (AvgIpc) is 2.96. The van der Waals surface area contributed by atoms with Gasteiger partial charge >= 0.3 is 0 Å². The van der Waals surface area contributed by atoms with Crippen LogP contribution < -0.4 is 15.4 Å². The standard InChI is InChI=1S/C15H18N4O3.ClH/c1-8(16-3)7-12-18-15(22-19-12)10-5-4-6-11-13(10)21-9(2)14(20)17-11;/h4-6,8-9,16H,7H2,1-3H3,(H,17,20);1H. The fourth-order valence-corrected chi connectivity index (χ4v) is 2.22. The van der Waals surface area contributed by atoms with Crippen LogP contribution in [0.2, 0.25) is 0 Å². The summed E-state index contributed by atoms with van der Waals surface area (Å²) in [5, 5.41) is 9.93. The van der Waals surface area contributed by atoms with Crippen molar-refractivity contribution in [2.24, 2.45) is 0 Å². The van der Waals surface area contributed by atoms with E-state index in [-0.39, 0.29) is 24.4 Å². The van der Waals surface area contributed by atoms with Crippen LogP contribution in [0.1, 0.15) is 19.7 Å². The van der Waals surface area contributed by atoms with Crippen LogP contribution in [0.4, 0.5) is 5.69 Å². The number of anilines is 1. The number of hydrogen-bond acceptors (Lipinski definition) is 6. The van der Waals surface area contributed by atoms with Gasteiger partial charge in [0.25, 0.3) is 11.8 Å². The van der Waals surface area contributed by atoms with Gasteiger partial charge in [-0.05, 0) is 33.0 Å². The molecule has 2 unspecified atom stereocenters. The molecule has 2 atom stereocenters. The molecule has 1 aromatic carbocycles. The zero-order chi connectivity index (χ0) is 15.7. The van der Waals surface area contributed by atoms with Crippen LogP contribution in [0.25, 0.3) is 11.5 Å². The summed E-state index contributed by atoms with van der Waals surface area (Å²) in [6, 6.07) is 5.68. The number of rotatable bonds is 4. The highest BCUT2D eigenvalue weighted by molar-refractivity contribution is 5.99. The molecule has 0 saturated carbocycles. The minimum absolute atomic E-state index is 0. The van der Waals surface area contributed by atoms with E-state index in [4.69, 9.17) is 9.26 Å². The molecule has 1 amide bonds. The van der Waals surface area contributed by atoms with Crippen LogP contribution in [-0.2, 0) is 11.2 Å². The average molecular weight is 339 g/mol. The Morgan fingerprint density at radius 1 is 1.43 bits per heavy atom. The van der Waals surface area contributed by atoms with E-state index in [0.29, 0.717) is 35.1 Å². The van der Waals surface area contributed by atoms with Crippen molar-refractivity contribution in [2.45, 2.75) is 32.4 Å². The van der Waals surface area contributed by atoms with E-state index in [1.165, 1.54) is 0 Å². The van der Waals surface area contributed by atoms with Gasteiger partial charge in [-0.1, -0.05) is 11.2 Å². The maximum atomic E-state index is 11.7. The van der Waals surface area contributed by atoms with E-state index in [9.17, 15) is 4.79 Å². The molecule has 0 fully saturated rings. The largest absolute Gasteiger partial charge is 0.478 e. The minimum atomic E-state index is -0.555. The van der Waals surface area contributed by atoms with E-state index in [1.807, 2.05) is 26.1 Å². The molecule has 0 aliphatic carbocycles. The summed E-state index contributed by atoms with van der Waals surface area (Å²) in [5.74, 6) is 1.41. The van der Waals surface area contributed by atoms with Crippen LogP contribution in [0.5, 0.6) is 5.75 Å². The van der Waals surface area contributed by atoms with E-state index in [0.717, 1.165) is 0 Å². The van der Waals surface area contributed by atoms with E-state index < -0.39 is 6.10 Å². The van der Waals surface area contributed by atoms with Crippen molar-refractivity contribution in [2.75, 3.05) is 12.4 Å². The Balaban J connectivity index is 0.00000192. The fraction of sp³-hybridized carbons (Fsp3) is 0.400. The number of hydrogen-bond donors (Lipinski definition) is 2. The van der Waals surface area contributed by atoms with Crippen LogP contribution in [-0.4, -0.2) is 35.2 Å². The van der Waals surface area contributed by atoms with Crippen LogP contribution >= 0.6 is 12.4 Å². The van der Waals surface area contributed by atoms with Crippen molar-refractivity contribution in [1.82, 2.24) is 15.5 Å². The molecule has 1 aliphatic heterocycles. The molecule has 0 radical (unpaired) electrons. The predicted octanol–water partition coefficient (Wildman–Crippen LogP) is 2.03. The van der Waals surface area contributed by atoms with Crippen molar-refractivity contribution in [3.63, 3.8) is 0 Å². The lowest BCUT2D eigenvalue weighted by Gasteiger charge is -2.24. The summed E-state index contributed by atoms with van der Waals surface area (Å²) >= 11 is 0. The van der Waals surface area contributed by atoms with Crippen molar-refractivity contribution in [3.8, 4) is 17.2 Å². The van der Waals surface area contributed by atoms with Gasteiger partial charge in [0.05, 0.1) is 11.3 Å². The quantitative estimate of drug-likeness (QED) is 0.886. The number of nitrogens with one attached hydrogen (secondary N) is 2. The second-order valence-electron chi connectivity index (χ2n) is 5.34. The Kier molecular flexibility index (Phi) is 5.23. The third kappa shape index (κ3) is 3.46. The molecule has 1 aromatic heterocycles. The Hall–Kier alpha value is -2.12. The summed E-state index contributed by atoms with van der Waals surface area (Å²) in [6.45, 7) is 3.74. The first kappa shape index (κ1) is 17.2. The molecule has 0 spiro atoms. The SMILES string of the molecule is CNC(C)Cc1noc(-c2cccc3c2OC(C)C(=O)N3)n1.Cl. The summed E-state index contributed by atoms with van der Waals surface area (Å²) in [5.41, 5.74) is 1.30. The lowest BCUT2D eigenvalue weighted by molar-refractivity contribution is -0.122. The Morgan fingerprint density at radius 3 is 2.96 bits per heavy atom. The molecule has 2 N–H and O–H groups in total. The molecular weight excluding hydrogens is 320 g/mol. The van der Waals surface area contributed by atoms with Gasteiger partial charge in [-0.3, -0.25) is 4.79 Å². The number of nitrogens with zero attached hydrogens (tertiary/aromatic N) is 2. The van der Waals surface area contributed by atoms with Crippen LogP contribution in [0, 0.1) is 0 Å². The highest BCUT2D eigenvalue weighted by atomic mass is 35.5. The monoisotopic (exact) mass is 338 g/mol.